The highest BCUT2D eigenvalue weighted by molar-refractivity contribution is 7.25. The van der Waals surface area contributed by atoms with Crippen LogP contribution in [0.5, 0.6) is 5.75 Å². The summed E-state index contributed by atoms with van der Waals surface area (Å²) in [7, 11) is 0. The maximum Gasteiger partial charge on any atom is 0.290 e. The average Bonchev–Trinajstić information content (AvgIpc) is 2.89. The summed E-state index contributed by atoms with van der Waals surface area (Å²) in [6.07, 6.45) is 0. The number of aromatic hydroxyl groups is 1. The van der Waals surface area contributed by atoms with Crippen molar-refractivity contribution in [3.8, 4) is 5.75 Å². The number of benzene rings is 1. The highest BCUT2D eigenvalue weighted by Crippen LogP contribution is 2.36. The Bertz CT molecular complexity index is 989. The number of carbonyl (C=O) groups is 1. The highest BCUT2D eigenvalue weighted by Gasteiger charge is 2.28. The largest absolute Gasteiger partial charge is 0.506 e. The summed E-state index contributed by atoms with van der Waals surface area (Å²) in [5, 5.41) is 11.1. The van der Waals surface area contributed by atoms with Gasteiger partial charge in [-0.3, -0.25) is 14.2 Å². The summed E-state index contributed by atoms with van der Waals surface area (Å²) in [5.74, 6) is 0.107. The lowest BCUT2D eigenvalue weighted by atomic mass is 10.2. The Morgan fingerprint density at radius 1 is 1.32 bits per heavy atom. The standard InChI is InChI=1S/C15H13N3O3S/c1-2-17-6-7-18-12(15(17)21)16-13-10(14(18)20)8-4-3-5-9(19)11(8)22-13/h3-5,19H,2,6-7H2,1H3. The number of hydrogen-bond acceptors (Lipinski definition) is 5. The van der Waals surface area contributed by atoms with Gasteiger partial charge in [-0.1, -0.05) is 12.1 Å². The van der Waals surface area contributed by atoms with Gasteiger partial charge in [-0.15, -0.1) is 11.3 Å². The van der Waals surface area contributed by atoms with Gasteiger partial charge in [0, 0.05) is 25.0 Å². The molecule has 1 aliphatic heterocycles. The number of fused-ring (bicyclic) bond motifs is 4. The van der Waals surface area contributed by atoms with E-state index in [0.717, 1.165) is 0 Å². The van der Waals surface area contributed by atoms with E-state index in [4.69, 9.17) is 0 Å². The minimum atomic E-state index is -0.213. The van der Waals surface area contributed by atoms with Gasteiger partial charge in [0.15, 0.2) is 0 Å². The summed E-state index contributed by atoms with van der Waals surface area (Å²) < 4.78 is 2.08. The third-order valence-electron chi connectivity index (χ3n) is 4.05. The molecule has 0 atom stereocenters. The molecule has 4 rings (SSSR count). The van der Waals surface area contributed by atoms with E-state index in [9.17, 15) is 14.7 Å². The molecule has 1 aromatic carbocycles. The summed E-state index contributed by atoms with van der Waals surface area (Å²) in [6, 6.07) is 5.09. The molecule has 1 N–H and O–H groups in total. The van der Waals surface area contributed by atoms with Crippen LogP contribution in [0.2, 0.25) is 0 Å². The van der Waals surface area contributed by atoms with Crippen molar-refractivity contribution in [3.63, 3.8) is 0 Å². The summed E-state index contributed by atoms with van der Waals surface area (Å²) in [6.45, 7) is 3.47. The van der Waals surface area contributed by atoms with Gasteiger partial charge >= 0.3 is 0 Å². The van der Waals surface area contributed by atoms with Crippen molar-refractivity contribution >= 4 is 37.5 Å². The van der Waals surface area contributed by atoms with E-state index < -0.39 is 0 Å². The number of phenols is 1. The first-order valence-electron chi connectivity index (χ1n) is 7.06. The molecule has 0 aliphatic carbocycles. The highest BCUT2D eigenvalue weighted by atomic mass is 32.1. The fourth-order valence-electron chi connectivity index (χ4n) is 2.90. The van der Waals surface area contributed by atoms with Crippen LogP contribution in [0.15, 0.2) is 23.0 Å². The number of likely N-dealkylation sites (N-methyl/N-ethyl adjacent to an activating group) is 1. The zero-order chi connectivity index (χ0) is 15.4. The second-order valence-corrected chi connectivity index (χ2v) is 6.21. The van der Waals surface area contributed by atoms with E-state index in [1.54, 1.807) is 23.1 Å². The van der Waals surface area contributed by atoms with Crippen molar-refractivity contribution in [1.29, 1.82) is 0 Å². The zero-order valence-electron chi connectivity index (χ0n) is 11.9. The van der Waals surface area contributed by atoms with Crippen LogP contribution >= 0.6 is 11.3 Å². The van der Waals surface area contributed by atoms with Gasteiger partial charge < -0.3 is 10.0 Å². The molecule has 7 heteroatoms. The van der Waals surface area contributed by atoms with Gasteiger partial charge in [-0.25, -0.2) is 4.98 Å². The number of thiophene rings is 1. The predicted octanol–water partition coefficient (Wildman–Crippen LogP) is 1.79. The van der Waals surface area contributed by atoms with Gasteiger partial charge in [0.05, 0.1) is 10.1 Å². The van der Waals surface area contributed by atoms with Gasteiger partial charge in [0.2, 0.25) is 5.82 Å². The molecule has 3 heterocycles. The van der Waals surface area contributed by atoms with Crippen LogP contribution in [0.1, 0.15) is 17.5 Å². The third-order valence-corrected chi connectivity index (χ3v) is 5.17. The topological polar surface area (TPSA) is 75.4 Å². The van der Waals surface area contributed by atoms with Crippen molar-refractivity contribution in [2.24, 2.45) is 0 Å². The van der Waals surface area contributed by atoms with Gasteiger partial charge in [-0.2, -0.15) is 0 Å². The second-order valence-electron chi connectivity index (χ2n) is 5.21. The number of rotatable bonds is 1. The minimum absolute atomic E-state index is 0.129. The van der Waals surface area contributed by atoms with Gasteiger partial charge in [0.25, 0.3) is 11.5 Å². The Morgan fingerprint density at radius 2 is 2.14 bits per heavy atom. The lowest BCUT2D eigenvalue weighted by Gasteiger charge is -2.27. The third kappa shape index (κ3) is 1.62. The molecule has 0 radical (unpaired) electrons. The minimum Gasteiger partial charge on any atom is -0.506 e. The fourth-order valence-corrected chi connectivity index (χ4v) is 3.98. The molecule has 22 heavy (non-hydrogen) atoms. The van der Waals surface area contributed by atoms with Crippen LogP contribution in [-0.4, -0.2) is 38.6 Å². The lowest BCUT2D eigenvalue weighted by Crippen LogP contribution is -2.45. The Balaban J connectivity index is 2.11. The number of amides is 1. The van der Waals surface area contributed by atoms with Gasteiger partial charge in [-0.05, 0) is 13.0 Å². The molecule has 0 fully saturated rings. The number of aromatic nitrogens is 2. The molecular weight excluding hydrogens is 302 g/mol. The molecule has 6 nitrogen and oxygen atoms in total. The molecule has 2 aromatic heterocycles. The number of carbonyl (C=O) groups excluding carboxylic acids is 1. The van der Waals surface area contributed by atoms with Crippen LogP contribution in [0.4, 0.5) is 0 Å². The monoisotopic (exact) mass is 315 g/mol. The first-order chi connectivity index (χ1) is 10.6. The normalized spacial score (nSPS) is 14.8. The zero-order valence-corrected chi connectivity index (χ0v) is 12.7. The van der Waals surface area contributed by atoms with E-state index in [1.165, 1.54) is 15.9 Å². The fraction of sp³-hybridized carbons (Fsp3) is 0.267. The van der Waals surface area contributed by atoms with Crippen LogP contribution in [-0.2, 0) is 6.54 Å². The van der Waals surface area contributed by atoms with Crippen molar-refractivity contribution in [2.45, 2.75) is 13.5 Å². The Kier molecular flexibility index (Phi) is 2.74. The molecule has 0 saturated heterocycles. The van der Waals surface area contributed by atoms with Crippen molar-refractivity contribution in [1.82, 2.24) is 14.5 Å². The molecule has 0 spiro atoms. The second kappa shape index (κ2) is 4.54. The van der Waals surface area contributed by atoms with Crippen molar-refractivity contribution in [3.05, 3.63) is 34.4 Å². The van der Waals surface area contributed by atoms with Crippen LogP contribution in [0.3, 0.4) is 0 Å². The number of phenolic OH excluding ortho intramolecular Hbond substituents is 1. The van der Waals surface area contributed by atoms with Crippen molar-refractivity contribution in [2.75, 3.05) is 13.1 Å². The lowest BCUT2D eigenvalue weighted by molar-refractivity contribution is 0.0702. The van der Waals surface area contributed by atoms with Crippen LogP contribution in [0.25, 0.3) is 20.3 Å². The first-order valence-corrected chi connectivity index (χ1v) is 7.87. The predicted molar refractivity (Wildman–Crippen MR) is 84.6 cm³/mol. The van der Waals surface area contributed by atoms with Gasteiger partial charge in [0.1, 0.15) is 10.6 Å². The Labute approximate surface area is 129 Å². The molecule has 0 unspecified atom stereocenters. The molecule has 3 aromatic rings. The molecule has 1 aliphatic rings. The molecule has 0 saturated carbocycles. The number of hydrogen-bond donors (Lipinski definition) is 1. The Morgan fingerprint density at radius 3 is 2.91 bits per heavy atom. The maximum atomic E-state index is 12.8. The van der Waals surface area contributed by atoms with E-state index >= 15 is 0 Å². The SMILES string of the molecule is CCN1CCn2c(nc3sc4c(O)cccc4c3c2=O)C1=O. The quantitative estimate of drug-likeness (QED) is 0.743. The average molecular weight is 315 g/mol. The van der Waals surface area contributed by atoms with Crippen LogP contribution < -0.4 is 5.56 Å². The first kappa shape index (κ1) is 13.3. The maximum absolute atomic E-state index is 12.8. The molecule has 1 amide bonds. The Hall–Kier alpha value is -2.41. The summed E-state index contributed by atoms with van der Waals surface area (Å²) >= 11 is 1.24. The van der Waals surface area contributed by atoms with E-state index in [-0.39, 0.29) is 23.0 Å². The number of nitrogens with zero attached hydrogens (tertiary/aromatic N) is 3. The van der Waals surface area contributed by atoms with E-state index in [1.807, 2.05) is 6.92 Å². The molecule has 0 bridgehead atoms. The summed E-state index contributed by atoms with van der Waals surface area (Å²) in [4.78, 5) is 31.8. The van der Waals surface area contributed by atoms with Crippen molar-refractivity contribution < 1.29 is 9.90 Å². The van der Waals surface area contributed by atoms with Crippen LogP contribution in [0, 0.1) is 0 Å². The molecular formula is C15H13N3O3S. The smallest absolute Gasteiger partial charge is 0.290 e. The van der Waals surface area contributed by atoms with E-state index in [0.29, 0.717) is 39.9 Å². The van der Waals surface area contributed by atoms with E-state index in [2.05, 4.69) is 4.98 Å². The molecule has 112 valence electrons. The summed E-state index contributed by atoms with van der Waals surface area (Å²) in [5.41, 5.74) is -0.207.